The van der Waals surface area contributed by atoms with Gasteiger partial charge < -0.3 is 4.90 Å². The van der Waals surface area contributed by atoms with E-state index in [2.05, 4.69) is 0 Å². The van der Waals surface area contributed by atoms with Crippen LogP contribution in [0.5, 0.6) is 0 Å². The Morgan fingerprint density at radius 3 is 2.65 bits per heavy atom. The van der Waals surface area contributed by atoms with Gasteiger partial charge in [0.2, 0.25) is 0 Å². The molecule has 0 amide bonds. The van der Waals surface area contributed by atoms with Crippen molar-refractivity contribution in [2.45, 2.75) is 0 Å². The number of halogens is 2. The molecular formula is C13H13ClFNO. The highest BCUT2D eigenvalue weighted by atomic mass is 35.5. The first-order valence-electron chi connectivity index (χ1n) is 5.01. The summed E-state index contributed by atoms with van der Waals surface area (Å²) < 4.78 is 13.3. The number of carbonyl (C=O) groups excluding carboxylic acids is 1. The van der Waals surface area contributed by atoms with E-state index in [-0.39, 0.29) is 16.4 Å². The van der Waals surface area contributed by atoms with Gasteiger partial charge in [0.15, 0.2) is 5.78 Å². The van der Waals surface area contributed by atoms with E-state index in [1.807, 2.05) is 0 Å². The predicted octanol–water partition coefficient (Wildman–Crippen LogP) is 3.14. The third-order valence-corrected chi connectivity index (χ3v) is 2.28. The highest BCUT2D eigenvalue weighted by Crippen LogP contribution is 2.20. The molecule has 0 heterocycles. The monoisotopic (exact) mass is 253 g/mol. The number of carbonyl (C=O) groups is 1. The summed E-state index contributed by atoms with van der Waals surface area (Å²) in [4.78, 5) is 13.1. The zero-order valence-electron chi connectivity index (χ0n) is 9.65. The van der Waals surface area contributed by atoms with Crippen LogP contribution in [0, 0.1) is 5.82 Å². The van der Waals surface area contributed by atoms with Crippen LogP contribution in [-0.2, 0) is 4.79 Å². The Balaban J connectivity index is 2.81. The lowest BCUT2D eigenvalue weighted by atomic mass is 10.2. The Bertz CT molecular complexity index is 446. The van der Waals surface area contributed by atoms with Crippen LogP contribution in [0.25, 0.3) is 6.08 Å². The molecule has 0 N–H and O–H groups in total. The van der Waals surface area contributed by atoms with Crippen LogP contribution in [0.2, 0.25) is 5.02 Å². The SMILES string of the molecule is CN(C)C=CC(=O)C=Cc1c(F)cccc1Cl. The highest BCUT2D eigenvalue weighted by Gasteiger charge is 2.02. The maximum absolute atomic E-state index is 13.3. The summed E-state index contributed by atoms with van der Waals surface area (Å²) >= 11 is 5.81. The van der Waals surface area contributed by atoms with Gasteiger partial charge in [-0.25, -0.2) is 4.39 Å². The number of nitrogens with zero attached hydrogens (tertiary/aromatic N) is 1. The molecule has 1 aromatic carbocycles. The summed E-state index contributed by atoms with van der Waals surface area (Å²) in [6, 6.07) is 4.39. The van der Waals surface area contributed by atoms with Crippen molar-refractivity contribution < 1.29 is 9.18 Å². The van der Waals surface area contributed by atoms with E-state index in [0.717, 1.165) is 0 Å². The van der Waals surface area contributed by atoms with E-state index >= 15 is 0 Å². The lowest BCUT2D eigenvalue weighted by molar-refractivity contribution is -0.110. The van der Waals surface area contributed by atoms with Gasteiger partial charge in [-0.1, -0.05) is 17.7 Å². The Hall–Kier alpha value is -1.61. The zero-order chi connectivity index (χ0) is 12.8. The van der Waals surface area contributed by atoms with Crippen molar-refractivity contribution in [3.05, 3.63) is 53.0 Å². The van der Waals surface area contributed by atoms with Gasteiger partial charge in [-0.05, 0) is 24.3 Å². The summed E-state index contributed by atoms with van der Waals surface area (Å²) in [6.07, 6.45) is 5.67. The van der Waals surface area contributed by atoms with Crippen molar-refractivity contribution in [1.29, 1.82) is 0 Å². The molecule has 0 atom stereocenters. The lowest BCUT2D eigenvalue weighted by Gasteiger charge is -2.01. The molecule has 0 fully saturated rings. The summed E-state index contributed by atoms with van der Waals surface area (Å²) in [5.74, 6) is -0.670. The van der Waals surface area contributed by atoms with Gasteiger partial charge in [-0.3, -0.25) is 4.79 Å². The maximum atomic E-state index is 13.3. The van der Waals surface area contributed by atoms with Gasteiger partial charge in [-0.2, -0.15) is 0 Å². The quantitative estimate of drug-likeness (QED) is 0.769. The topological polar surface area (TPSA) is 20.3 Å². The summed E-state index contributed by atoms with van der Waals surface area (Å²) in [5.41, 5.74) is 0.223. The Morgan fingerprint density at radius 1 is 1.35 bits per heavy atom. The van der Waals surface area contributed by atoms with Crippen molar-refractivity contribution in [1.82, 2.24) is 4.90 Å². The van der Waals surface area contributed by atoms with Crippen molar-refractivity contribution in [2.24, 2.45) is 0 Å². The first-order chi connectivity index (χ1) is 8.00. The maximum Gasteiger partial charge on any atom is 0.180 e. The van der Waals surface area contributed by atoms with Crippen LogP contribution < -0.4 is 0 Å². The smallest absolute Gasteiger partial charge is 0.180 e. The number of hydrogen-bond donors (Lipinski definition) is 0. The van der Waals surface area contributed by atoms with Crippen LogP contribution >= 0.6 is 11.6 Å². The summed E-state index contributed by atoms with van der Waals surface area (Å²) in [5, 5.41) is 0.283. The molecular weight excluding hydrogens is 241 g/mol. The molecule has 17 heavy (non-hydrogen) atoms. The molecule has 0 aromatic heterocycles. The first-order valence-corrected chi connectivity index (χ1v) is 5.39. The molecule has 0 spiro atoms. The minimum atomic E-state index is -0.446. The fourth-order valence-electron chi connectivity index (χ4n) is 1.11. The van der Waals surface area contributed by atoms with E-state index < -0.39 is 5.82 Å². The highest BCUT2D eigenvalue weighted by molar-refractivity contribution is 6.32. The van der Waals surface area contributed by atoms with E-state index in [4.69, 9.17) is 11.6 Å². The Morgan fingerprint density at radius 2 is 2.06 bits per heavy atom. The van der Waals surface area contributed by atoms with Crippen molar-refractivity contribution >= 4 is 23.5 Å². The number of ketones is 1. The van der Waals surface area contributed by atoms with Crippen LogP contribution in [-0.4, -0.2) is 24.8 Å². The molecule has 2 nitrogen and oxygen atoms in total. The van der Waals surface area contributed by atoms with Crippen LogP contribution in [0.15, 0.2) is 36.6 Å². The molecule has 0 unspecified atom stereocenters. The Labute approximate surface area is 105 Å². The molecule has 1 aromatic rings. The average molecular weight is 254 g/mol. The van der Waals surface area contributed by atoms with Crippen molar-refractivity contribution in [2.75, 3.05) is 14.1 Å². The average Bonchev–Trinajstić information content (AvgIpc) is 2.25. The zero-order valence-corrected chi connectivity index (χ0v) is 10.4. The number of rotatable bonds is 4. The van der Waals surface area contributed by atoms with Crippen LogP contribution in [0.1, 0.15) is 5.56 Å². The molecule has 0 aliphatic rings. The molecule has 0 saturated carbocycles. The van der Waals surface area contributed by atoms with Gasteiger partial charge in [0.1, 0.15) is 5.82 Å². The Kier molecular flexibility index (Phi) is 4.91. The van der Waals surface area contributed by atoms with E-state index in [9.17, 15) is 9.18 Å². The van der Waals surface area contributed by atoms with Gasteiger partial charge in [-0.15, -0.1) is 0 Å². The van der Waals surface area contributed by atoms with Gasteiger partial charge >= 0.3 is 0 Å². The third kappa shape index (κ3) is 4.41. The standard InChI is InChI=1S/C13H13ClFNO/c1-16(2)9-8-10(17)6-7-11-12(14)4-3-5-13(11)15/h3-9H,1-2H3. The number of hydrogen-bond acceptors (Lipinski definition) is 2. The van der Waals surface area contributed by atoms with Crippen LogP contribution in [0.4, 0.5) is 4.39 Å². The van der Waals surface area contributed by atoms with Crippen LogP contribution in [0.3, 0.4) is 0 Å². The lowest BCUT2D eigenvalue weighted by Crippen LogP contribution is -2.01. The number of allylic oxidation sites excluding steroid dienone is 2. The third-order valence-electron chi connectivity index (χ3n) is 1.95. The normalized spacial score (nSPS) is 11.3. The molecule has 0 aliphatic carbocycles. The molecule has 0 bridgehead atoms. The molecule has 0 saturated heterocycles. The second-order valence-corrected chi connectivity index (χ2v) is 4.06. The largest absolute Gasteiger partial charge is 0.383 e. The summed E-state index contributed by atoms with van der Waals surface area (Å²) in [7, 11) is 3.61. The van der Waals surface area contributed by atoms with Gasteiger partial charge in [0, 0.05) is 31.9 Å². The fraction of sp³-hybridized carbons (Fsp3) is 0.154. The van der Waals surface area contributed by atoms with E-state index in [1.54, 1.807) is 31.3 Å². The number of benzene rings is 1. The molecule has 90 valence electrons. The molecule has 0 aliphatic heterocycles. The van der Waals surface area contributed by atoms with E-state index in [0.29, 0.717) is 0 Å². The van der Waals surface area contributed by atoms with Gasteiger partial charge in [0.05, 0.1) is 5.02 Å². The molecule has 4 heteroatoms. The fourth-order valence-corrected chi connectivity index (χ4v) is 1.34. The second kappa shape index (κ2) is 6.21. The predicted molar refractivity (Wildman–Crippen MR) is 68.3 cm³/mol. The molecule has 0 radical (unpaired) electrons. The second-order valence-electron chi connectivity index (χ2n) is 3.65. The minimum absolute atomic E-state index is 0.223. The van der Waals surface area contributed by atoms with Gasteiger partial charge in [0.25, 0.3) is 0 Å². The van der Waals surface area contributed by atoms with Crippen molar-refractivity contribution in [3.8, 4) is 0 Å². The van der Waals surface area contributed by atoms with E-state index in [1.165, 1.54) is 30.4 Å². The summed E-state index contributed by atoms with van der Waals surface area (Å²) in [6.45, 7) is 0. The minimum Gasteiger partial charge on any atom is -0.383 e. The molecule has 1 rings (SSSR count). The van der Waals surface area contributed by atoms with Crippen molar-refractivity contribution in [3.63, 3.8) is 0 Å². The first kappa shape index (κ1) is 13.5.